The smallest absolute Gasteiger partial charge is 0.257 e. The van der Waals surface area contributed by atoms with E-state index in [4.69, 9.17) is 9.47 Å². The number of benzene rings is 1. The normalized spacial score (nSPS) is 22.0. The van der Waals surface area contributed by atoms with Gasteiger partial charge in [-0.3, -0.25) is 14.4 Å². The first-order chi connectivity index (χ1) is 16.4. The van der Waals surface area contributed by atoms with Gasteiger partial charge in [0, 0.05) is 24.2 Å². The molecule has 1 aromatic carbocycles. The predicted molar refractivity (Wildman–Crippen MR) is 130 cm³/mol. The van der Waals surface area contributed by atoms with Crippen LogP contribution in [0.2, 0.25) is 0 Å². The van der Waals surface area contributed by atoms with Crippen molar-refractivity contribution in [2.24, 2.45) is 0 Å². The second kappa shape index (κ2) is 11.0. The Bertz CT molecular complexity index is 1030. The van der Waals surface area contributed by atoms with Crippen molar-refractivity contribution < 1.29 is 23.9 Å². The Hall–Kier alpha value is -2.91. The Morgan fingerprint density at radius 2 is 2.06 bits per heavy atom. The van der Waals surface area contributed by atoms with Crippen LogP contribution in [0.1, 0.15) is 47.8 Å². The molecule has 2 N–H and O–H groups in total. The van der Waals surface area contributed by atoms with Crippen molar-refractivity contribution in [3.63, 3.8) is 0 Å². The Balaban J connectivity index is 1.43. The summed E-state index contributed by atoms with van der Waals surface area (Å²) in [6.45, 7) is 2.96. The number of rotatable bonds is 7. The Morgan fingerprint density at radius 3 is 2.82 bits per heavy atom. The minimum Gasteiger partial charge on any atom is -0.490 e. The predicted octanol–water partition coefficient (Wildman–Crippen LogP) is 3.23. The van der Waals surface area contributed by atoms with Gasteiger partial charge in [-0.1, -0.05) is 13.0 Å². The van der Waals surface area contributed by atoms with Crippen LogP contribution in [0.15, 0.2) is 35.7 Å². The quantitative estimate of drug-likeness (QED) is 0.628. The molecular formula is C25H31N3O5S. The summed E-state index contributed by atoms with van der Waals surface area (Å²) < 4.78 is 12.2. The maximum atomic E-state index is 13.3. The van der Waals surface area contributed by atoms with Crippen LogP contribution in [0.5, 0.6) is 5.75 Å². The summed E-state index contributed by atoms with van der Waals surface area (Å²) in [6, 6.07) is 8.80. The third-order valence-corrected chi connectivity index (χ3v) is 7.07. The zero-order chi connectivity index (χ0) is 24.1. The van der Waals surface area contributed by atoms with Crippen molar-refractivity contribution in [2.45, 2.75) is 57.3 Å². The largest absolute Gasteiger partial charge is 0.490 e. The Kier molecular flexibility index (Phi) is 7.84. The van der Waals surface area contributed by atoms with E-state index in [0.717, 1.165) is 17.7 Å². The van der Waals surface area contributed by atoms with Crippen LogP contribution in [0.25, 0.3) is 0 Å². The second-order valence-electron chi connectivity index (χ2n) is 8.74. The van der Waals surface area contributed by atoms with Gasteiger partial charge in [-0.05, 0) is 48.9 Å². The number of hydrogen-bond donors (Lipinski definition) is 2. The summed E-state index contributed by atoms with van der Waals surface area (Å²) >= 11 is 1.53. The molecule has 182 valence electrons. The number of likely N-dealkylation sites (N-methyl/N-ethyl adjacent to an activating group) is 1. The van der Waals surface area contributed by atoms with Crippen LogP contribution < -0.4 is 15.4 Å². The van der Waals surface area contributed by atoms with Crippen LogP contribution in [0.4, 0.5) is 5.69 Å². The highest BCUT2D eigenvalue weighted by molar-refractivity contribution is 7.10. The molecule has 0 aliphatic carbocycles. The van der Waals surface area contributed by atoms with Crippen LogP contribution >= 0.6 is 11.3 Å². The van der Waals surface area contributed by atoms with Gasteiger partial charge in [-0.25, -0.2) is 0 Å². The van der Waals surface area contributed by atoms with E-state index in [9.17, 15) is 14.4 Å². The molecule has 0 radical (unpaired) electrons. The molecule has 2 aliphatic rings. The summed E-state index contributed by atoms with van der Waals surface area (Å²) in [7, 11) is 1.77. The highest BCUT2D eigenvalue weighted by Crippen LogP contribution is 2.32. The minimum atomic E-state index is -0.315. The van der Waals surface area contributed by atoms with Gasteiger partial charge in [0.15, 0.2) is 0 Å². The molecule has 3 heterocycles. The molecule has 1 saturated heterocycles. The number of ether oxygens (including phenoxy) is 2. The number of anilines is 1. The highest BCUT2D eigenvalue weighted by Gasteiger charge is 2.39. The molecule has 0 unspecified atom stereocenters. The van der Waals surface area contributed by atoms with Crippen LogP contribution in [-0.2, 0) is 20.7 Å². The first-order valence-corrected chi connectivity index (χ1v) is 12.6. The maximum absolute atomic E-state index is 13.3. The molecular weight excluding hydrogens is 454 g/mol. The molecule has 34 heavy (non-hydrogen) atoms. The van der Waals surface area contributed by atoms with Crippen LogP contribution in [0.3, 0.4) is 0 Å². The van der Waals surface area contributed by atoms with Crippen molar-refractivity contribution in [3.05, 3.63) is 46.2 Å². The average molecular weight is 486 g/mol. The average Bonchev–Trinajstić information content (AvgIpc) is 3.33. The standard InChI is InChI=1S/C25H31N3O5S/c1-3-10-26-23(29)13-17-7-8-20-22(33-17)15-32-21-9-6-16(12-19(21)25(31)28(20)2)27-24(30)14-18-5-4-11-34-18/h4-6,9,11-12,17,20,22H,3,7-8,10,13-15H2,1-2H3,(H,26,29)(H,27,30)/t17-,20+,22-/m1/s1. The molecule has 8 nitrogen and oxygen atoms in total. The van der Waals surface area contributed by atoms with Gasteiger partial charge in [0.05, 0.1) is 30.6 Å². The lowest BCUT2D eigenvalue weighted by Gasteiger charge is -2.42. The lowest BCUT2D eigenvalue weighted by Crippen LogP contribution is -2.54. The van der Waals surface area contributed by atoms with Crippen LogP contribution in [-0.4, -0.2) is 61.1 Å². The Labute approximate surface area is 203 Å². The number of carbonyl (C=O) groups excluding carboxylic acids is 3. The second-order valence-corrected chi connectivity index (χ2v) is 9.77. The highest BCUT2D eigenvalue weighted by atomic mass is 32.1. The number of nitrogens with zero attached hydrogens (tertiary/aromatic N) is 1. The fourth-order valence-electron chi connectivity index (χ4n) is 4.43. The fraction of sp³-hybridized carbons (Fsp3) is 0.480. The molecule has 3 amide bonds. The zero-order valence-electron chi connectivity index (χ0n) is 19.5. The number of carbonyl (C=O) groups is 3. The van der Waals surface area contributed by atoms with Gasteiger partial charge in [0.1, 0.15) is 18.5 Å². The molecule has 9 heteroatoms. The van der Waals surface area contributed by atoms with Crippen molar-refractivity contribution in [1.29, 1.82) is 0 Å². The van der Waals surface area contributed by atoms with Gasteiger partial charge in [0.2, 0.25) is 11.8 Å². The van der Waals surface area contributed by atoms with E-state index in [1.165, 1.54) is 11.3 Å². The van der Waals surface area contributed by atoms with E-state index in [1.54, 1.807) is 30.1 Å². The first kappa shape index (κ1) is 24.2. The van der Waals surface area contributed by atoms with Crippen molar-refractivity contribution in [1.82, 2.24) is 10.2 Å². The molecule has 1 aromatic heterocycles. The SMILES string of the molecule is CCCNC(=O)C[C@H]1CC[C@H]2[C@@H](COc3ccc(NC(=O)Cc4cccs4)cc3C(=O)N2C)O1. The molecule has 1 fully saturated rings. The van der Waals surface area contributed by atoms with E-state index in [-0.39, 0.29) is 49.0 Å². The summed E-state index contributed by atoms with van der Waals surface area (Å²) in [5, 5.41) is 7.70. The number of hydrogen-bond acceptors (Lipinski definition) is 6. The van der Waals surface area contributed by atoms with E-state index in [0.29, 0.717) is 36.4 Å². The van der Waals surface area contributed by atoms with E-state index < -0.39 is 0 Å². The minimum absolute atomic E-state index is 0.0134. The molecule has 2 aromatic rings. The third kappa shape index (κ3) is 5.77. The molecule has 0 saturated carbocycles. The summed E-state index contributed by atoms with van der Waals surface area (Å²) in [5.41, 5.74) is 0.969. The van der Waals surface area contributed by atoms with Gasteiger partial charge >= 0.3 is 0 Å². The van der Waals surface area contributed by atoms with Gasteiger partial charge in [0.25, 0.3) is 5.91 Å². The lowest BCUT2D eigenvalue weighted by atomic mass is 9.94. The molecule has 4 rings (SSSR count). The summed E-state index contributed by atoms with van der Waals surface area (Å²) in [4.78, 5) is 40.5. The fourth-order valence-corrected chi connectivity index (χ4v) is 5.13. The first-order valence-electron chi connectivity index (χ1n) is 11.7. The van der Waals surface area contributed by atoms with Crippen molar-refractivity contribution in [2.75, 3.05) is 25.5 Å². The molecule has 0 spiro atoms. The van der Waals surface area contributed by atoms with Crippen molar-refractivity contribution in [3.8, 4) is 5.75 Å². The van der Waals surface area contributed by atoms with E-state index in [2.05, 4.69) is 10.6 Å². The summed E-state index contributed by atoms with van der Waals surface area (Å²) in [5.74, 6) is 0.130. The van der Waals surface area contributed by atoms with Crippen molar-refractivity contribution >= 4 is 34.7 Å². The molecule has 3 atom stereocenters. The Morgan fingerprint density at radius 1 is 1.21 bits per heavy atom. The summed E-state index contributed by atoms with van der Waals surface area (Å²) in [6.07, 6.45) is 2.42. The number of amides is 3. The lowest BCUT2D eigenvalue weighted by molar-refractivity contribution is -0.134. The van der Waals surface area contributed by atoms with Gasteiger partial charge < -0.3 is 25.0 Å². The number of nitrogens with one attached hydrogen (secondary N) is 2. The number of fused-ring (bicyclic) bond motifs is 2. The van der Waals surface area contributed by atoms with E-state index in [1.807, 2.05) is 24.4 Å². The maximum Gasteiger partial charge on any atom is 0.257 e. The van der Waals surface area contributed by atoms with Gasteiger partial charge in [-0.2, -0.15) is 0 Å². The van der Waals surface area contributed by atoms with Gasteiger partial charge in [-0.15, -0.1) is 11.3 Å². The zero-order valence-corrected chi connectivity index (χ0v) is 20.4. The molecule has 0 bridgehead atoms. The third-order valence-electron chi connectivity index (χ3n) is 6.20. The molecule has 2 aliphatic heterocycles. The van der Waals surface area contributed by atoms with E-state index >= 15 is 0 Å². The van der Waals surface area contributed by atoms with Crippen LogP contribution in [0, 0.1) is 0 Å². The monoisotopic (exact) mass is 485 g/mol. The topological polar surface area (TPSA) is 97.0 Å². The number of thiophene rings is 1.